The Morgan fingerprint density at radius 1 is 1.27 bits per heavy atom. The molecule has 0 radical (unpaired) electrons. The molecule has 1 amide bonds. The lowest BCUT2D eigenvalue weighted by molar-refractivity contribution is -0.384. The van der Waals surface area contributed by atoms with Crippen LogP contribution in [0.25, 0.3) is 16.7 Å². The molecular formula is C16H11N7O3. The zero-order valence-electron chi connectivity index (χ0n) is 13.2. The molecule has 10 nitrogen and oxygen atoms in total. The maximum atomic E-state index is 12.5. The van der Waals surface area contributed by atoms with Gasteiger partial charge >= 0.3 is 0 Å². The number of anilines is 1. The molecule has 0 atom stereocenters. The van der Waals surface area contributed by atoms with E-state index >= 15 is 0 Å². The van der Waals surface area contributed by atoms with E-state index in [0.717, 1.165) is 0 Å². The van der Waals surface area contributed by atoms with Crippen LogP contribution in [0.4, 0.5) is 11.4 Å². The minimum absolute atomic E-state index is 0.0717. The van der Waals surface area contributed by atoms with E-state index in [9.17, 15) is 14.9 Å². The van der Waals surface area contributed by atoms with Crippen LogP contribution in [0.1, 0.15) is 10.5 Å². The number of aromatic amines is 1. The van der Waals surface area contributed by atoms with Crippen molar-refractivity contribution in [3.63, 3.8) is 0 Å². The van der Waals surface area contributed by atoms with Crippen molar-refractivity contribution in [3.05, 3.63) is 71.1 Å². The SMILES string of the molecule is O=C(Nc1ccc(-n2ccnc2)nc1)c1n[nH]c2ccc([N+](=O)[O-])cc12. The number of pyridine rings is 1. The number of hydrogen-bond donors (Lipinski definition) is 2. The molecule has 0 bridgehead atoms. The largest absolute Gasteiger partial charge is 0.319 e. The normalized spacial score (nSPS) is 10.8. The number of aromatic nitrogens is 5. The molecule has 0 aliphatic heterocycles. The molecule has 0 unspecified atom stereocenters. The summed E-state index contributed by atoms with van der Waals surface area (Å²) in [5.41, 5.74) is 0.969. The zero-order chi connectivity index (χ0) is 18.1. The van der Waals surface area contributed by atoms with Crippen molar-refractivity contribution < 1.29 is 9.72 Å². The molecule has 4 aromatic rings. The van der Waals surface area contributed by atoms with Gasteiger partial charge in [-0.05, 0) is 18.2 Å². The number of hydrogen-bond acceptors (Lipinski definition) is 6. The number of nitro benzene ring substituents is 1. The van der Waals surface area contributed by atoms with Crippen molar-refractivity contribution in [1.29, 1.82) is 0 Å². The average Bonchev–Trinajstić information content (AvgIpc) is 3.31. The Hall–Kier alpha value is -4.08. The minimum Gasteiger partial charge on any atom is -0.319 e. The molecule has 0 aliphatic rings. The summed E-state index contributed by atoms with van der Waals surface area (Å²) < 4.78 is 1.73. The molecule has 4 rings (SSSR count). The van der Waals surface area contributed by atoms with E-state index < -0.39 is 10.8 Å². The topological polar surface area (TPSA) is 132 Å². The maximum absolute atomic E-state index is 12.5. The van der Waals surface area contributed by atoms with Gasteiger partial charge in [-0.15, -0.1) is 0 Å². The third-order valence-electron chi connectivity index (χ3n) is 3.75. The molecule has 0 fully saturated rings. The van der Waals surface area contributed by atoms with Crippen LogP contribution in [0.5, 0.6) is 0 Å². The lowest BCUT2D eigenvalue weighted by Gasteiger charge is -2.05. The van der Waals surface area contributed by atoms with Crippen molar-refractivity contribution >= 4 is 28.2 Å². The highest BCUT2D eigenvalue weighted by Gasteiger charge is 2.17. The summed E-state index contributed by atoms with van der Waals surface area (Å²) in [6.07, 6.45) is 6.51. The van der Waals surface area contributed by atoms with E-state index in [2.05, 4.69) is 25.5 Å². The number of H-pyrrole nitrogens is 1. The van der Waals surface area contributed by atoms with Crippen LogP contribution in [0, 0.1) is 10.1 Å². The van der Waals surface area contributed by atoms with E-state index in [0.29, 0.717) is 22.4 Å². The highest BCUT2D eigenvalue weighted by Crippen LogP contribution is 2.23. The van der Waals surface area contributed by atoms with Gasteiger partial charge in [0, 0.05) is 29.9 Å². The molecule has 26 heavy (non-hydrogen) atoms. The molecule has 2 N–H and O–H groups in total. The van der Waals surface area contributed by atoms with Crippen LogP contribution < -0.4 is 5.32 Å². The first-order valence-electron chi connectivity index (χ1n) is 7.50. The van der Waals surface area contributed by atoms with Crippen molar-refractivity contribution in [2.75, 3.05) is 5.32 Å². The fourth-order valence-corrected chi connectivity index (χ4v) is 2.49. The molecule has 0 saturated carbocycles. The van der Waals surface area contributed by atoms with Crippen LogP contribution in [0.3, 0.4) is 0 Å². The summed E-state index contributed by atoms with van der Waals surface area (Å²) in [5.74, 6) is 0.162. The van der Waals surface area contributed by atoms with Crippen molar-refractivity contribution in [3.8, 4) is 5.82 Å². The van der Waals surface area contributed by atoms with Gasteiger partial charge < -0.3 is 5.32 Å². The number of carbonyl (C=O) groups is 1. The van der Waals surface area contributed by atoms with Gasteiger partial charge in [-0.1, -0.05) is 0 Å². The third kappa shape index (κ3) is 2.75. The number of amides is 1. The first-order chi connectivity index (χ1) is 12.6. The fourth-order valence-electron chi connectivity index (χ4n) is 2.49. The molecule has 0 spiro atoms. The van der Waals surface area contributed by atoms with Crippen LogP contribution in [0.2, 0.25) is 0 Å². The molecule has 3 heterocycles. The zero-order valence-corrected chi connectivity index (χ0v) is 13.2. The fraction of sp³-hybridized carbons (Fsp3) is 0. The van der Waals surface area contributed by atoms with E-state index in [1.54, 1.807) is 35.4 Å². The van der Waals surface area contributed by atoms with Gasteiger partial charge in [-0.3, -0.25) is 24.6 Å². The quantitative estimate of drug-likeness (QED) is 0.429. The summed E-state index contributed by atoms with van der Waals surface area (Å²) in [6, 6.07) is 7.59. The molecule has 3 aromatic heterocycles. The number of nitrogens with one attached hydrogen (secondary N) is 2. The summed E-state index contributed by atoms with van der Waals surface area (Å²) >= 11 is 0. The van der Waals surface area contributed by atoms with Gasteiger partial charge in [-0.25, -0.2) is 9.97 Å². The number of benzene rings is 1. The third-order valence-corrected chi connectivity index (χ3v) is 3.75. The number of nitrogens with zero attached hydrogens (tertiary/aromatic N) is 5. The molecule has 128 valence electrons. The van der Waals surface area contributed by atoms with Crippen LogP contribution in [0.15, 0.2) is 55.2 Å². The molecule has 1 aromatic carbocycles. The number of carbonyl (C=O) groups excluding carboxylic acids is 1. The number of non-ortho nitro benzene ring substituents is 1. The minimum atomic E-state index is -0.521. The lowest BCUT2D eigenvalue weighted by atomic mass is 10.2. The number of fused-ring (bicyclic) bond motifs is 1. The predicted molar refractivity (Wildman–Crippen MR) is 92.1 cm³/mol. The Balaban J connectivity index is 1.59. The van der Waals surface area contributed by atoms with Gasteiger partial charge in [0.2, 0.25) is 0 Å². The smallest absolute Gasteiger partial charge is 0.276 e. The Kier molecular flexibility index (Phi) is 3.62. The first kappa shape index (κ1) is 15.4. The number of nitro groups is 1. The lowest BCUT2D eigenvalue weighted by Crippen LogP contribution is -2.13. The molecule has 0 aliphatic carbocycles. The highest BCUT2D eigenvalue weighted by molar-refractivity contribution is 6.11. The summed E-state index contributed by atoms with van der Waals surface area (Å²) in [6.45, 7) is 0. The van der Waals surface area contributed by atoms with E-state index in [-0.39, 0.29) is 11.4 Å². The summed E-state index contributed by atoms with van der Waals surface area (Å²) in [7, 11) is 0. The van der Waals surface area contributed by atoms with Crippen molar-refractivity contribution in [2.45, 2.75) is 0 Å². The maximum Gasteiger partial charge on any atom is 0.276 e. The van der Waals surface area contributed by atoms with Gasteiger partial charge in [-0.2, -0.15) is 5.10 Å². The second-order valence-corrected chi connectivity index (χ2v) is 5.39. The number of rotatable bonds is 4. The van der Waals surface area contributed by atoms with Gasteiger partial charge in [0.05, 0.1) is 22.3 Å². The Bertz CT molecular complexity index is 1100. The van der Waals surface area contributed by atoms with Gasteiger partial charge in [0.1, 0.15) is 12.1 Å². The number of imidazole rings is 1. The van der Waals surface area contributed by atoms with Crippen LogP contribution in [-0.4, -0.2) is 35.6 Å². The highest BCUT2D eigenvalue weighted by atomic mass is 16.6. The van der Waals surface area contributed by atoms with E-state index in [4.69, 9.17) is 0 Å². The van der Waals surface area contributed by atoms with E-state index in [1.807, 2.05) is 0 Å². The summed E-state index contributed by atoms with van der Waals surface area (Å²) in [4.78, 5) is 31.1. The average molecular weight is 349 g/mol. The second kappa shape index (κ2) is 6.09. The second-order valence-electron chi connectivity index (χ2n) is 5.39. The van der Waals surface area contributed by atoms with Crippen LogP contribution in [-0.2, 0) is 0 Å². The van der Waals surface area contributed by atoms with Crippen molar-refractivity contribution in [2.24, 2.45) is 0 Å². The van der Waals surface area contributed by atoms with Gasteiger partial charge in [0.25, 0.3) is 11.6 Å². The first-order valence-corrected chi connectivity index (χ1v) is 7.50. The monoisotopic (exact) mass is 349 g/mol. The standard InChI is InChI=1S/C16H11N7O3/c24-16(15-12-7-11(23(25)26)2-3-13(12)20-21-15)19-10-1-4-14(18-8-10)22-6-5-17-9-22/h1-9H,(H,19,24)(H,20,21). The van der Waals surface area contributed by atoms with Gasteiger partial charge in [0.15, 0.2) is 5.69 Å². The Labute approximate surface area is 145 Å². The Morgan fingerprint density at radius 3 is 2.85 bits per heavy atom. The molecular weight excluding hydrogens is 338 g/mol. The molecule has 10 heteroatoms. The van der Waals surface area contributed by atoms with Crippen molar-refractivity contribution in [1.82, 2.24) is 24.7 Å². The molecule has 0 saturated heterocycles. The van der Waals surface area contributed by atoms with E-state index in [1.165, 1.54) is 24.4 Å². The van der Waals surface area contributed by atoms with Crippen LogP contribution >= 0.6 is 0 Å². The summed E-state index contributed by atoms with van der Waals surface area (Å²) in [5, 5.41) is 20.6. The Morgan fingerprint density at radius 2 is 2.15 bits per heavy atom. The predicted octanol–water partition coefficient (Wildman–Crippen LogP) is 2.30.